The van der Waals surface area contributed by atoms with E-state index in [1.165, 1.54) is 33.0 Å². The first-order chi connectivity index (χ1) is 12.8. The van der Waals surface area contributed by atoms with Crippen molar-refractivity contribution in [3.63, 3.8) is 0 Å². The van der Waals surface area contributed by atoms with Crippen LogP contribution in [0.15, 0.2) is 95.4 Å². The summed E-state index contributed by atoms with van der Waals surface area (Å²) in [5.41, 5.74) is 7.96. The molecule has 0 bridgehead atoms. The van der Waals surface area contributed by atoms with Gasteiger partial charge in [0.1, 0.15) is 11.2 Å². The molecule has 0 fully saturated rings. The highest BCUT2D eigenvalue weighted by molar-refractivity contribution is 6.09. The van der Waals surface area contributed by atoms with Crippen LogP contribution in [-0.2, 0) is 0 Å². The van der Waals surface area contributed by atoms with Gasteiger partial charge in [-0.3, -0.25) is 0 Å². The molecule has 0 radical (unpaired) electrons. The Kier molecular flexibility index (Phi) is 3.39. The van der Waals surface area contributed by atoms with Crippen LogP contribution in [0.4, 0.5) is 0 Å². The lowest BCUT2D eigenvalue weighted by atomic mass is 9.94. The van der Waals surface area contributed by atoms with Crippen LogP contribution >= 0.6 is 0 Å². The minimum absolute atomic E-state index is 0.937. The van der Waals surface area contributed by atoms with Gasteiger partial charge in [0, 0.05) is 16.3 Å². The van der Waals surface area contributed by atoms with E-state index in [1.807, 2.05) is 18.2 Å². The van der Waals surface area contributed by atoms with Gasteiger partial charge in [0.25, 0.3) is 0 Å². The second kappa shape index (κ2) is 5.89. The monoisotopic (exact) mass is 334 g/mol. The molecule has 0 saturated heterocycles. The third-order valence-electron chi connectivity index (χ3n) is 5.04. The Bertz CT molecular complexity index is 1230. The van der Waals surface area contributed by atoms with Gasteiger partial charge in [0.2, 0.25) is 0 Å². The maximum atomic E-state index is 6.24. The van der Waals surface area contributed by atoms with Crippen molar-refractivity contribution < 1.29 is 4.42 Å². The standard InChI is InChI=1S/C25H18O/c1-17-14-15-19(18-8-3-2-4-9-18)16-23(17)22-12-7-11-21-20-10-5-6-13-24(20)26-25(21)22/h2-16H,1H3. The summed E-state index contributed by atoms with van der Waals surface area (Å²) in [5, 5.41) is 2.34. The lowest BCUT2D eigenvalue weighted by Gasteiger charge is -2.10. The van der Waals surface area contributed by atoms with E-state index in [0.717, 1.165) is 16.7 Å². The highest BCUT2D eigenvalue weighted by Crippen LogP contribution is 2.38. The molecule has 0 N–H and O–H groups in total. The number of hydrogen-bond donors (Lipinski definition) is 0. The van der Waals surface area contributed by atoms with Crippen molar-refractivity contribution >= 4 is 21.9 Å². The molecule has 5 rings (SSSR count). The van der Waals surface area contributed by atoms with E-state index in [1.54, 1.807) is 0 Å². The molecular formula is C25H18O. The summed E-state index contributed by atoms with van der Waals surface area (Å²) < 4.78 is 6.24. The molecule has 0 aliphatic carbocycles. The second-order valence-electron chi connectivity index (χ2n) is 6.68. The molecule has 0 unspecified atom stereocenters. The zero-order chi connectivity index (χ0) is 17.5. The van der Waals surface area contributed by atoms with Crippen LogP contribution in [0.5, 0.6) is 0 Å². The predicted molar refractivity (Wildman–Crippen MR) is 109 cm³/mol. The number of rotatable bonds is 2. The van der Waals surface area contributed by atoms with Crippen LogP contribution in [-0.4, -0.2) is 0 Å². The van der Waals surface area contributed by atoms with E-state index >= 15 is 0 Å². The average molecular weight is 334 g/mol. The summed E-state index contributed by atoms with van der Waals surface area (Å²) in [5.74, 6) is 0. The molecule has 0 atom stereocenters. The van der Waals surface area contributed by atoms with Gasteiger partial charge in [-0.15, -0.1) is 0 Å². The van der Waals surface area contributed by atoms with E-state index in [9.17, 15) is 0 Å². The average Bonchev–Trinajstić information content (AvgIpc) is 3.08. The molecule has 0 aliphatic rings. The van der Waals surface area contributed by atoms with Crippen LogP contribution in [0, 0.1) is 6.92 Å². The van der Waals surface area contributed by atoms with Gasteiger partial charge >= 0.3 is 0 Å². The van der Waals surface area contributed by atoms with Crippen LogP contribution < -0.4 is 0 Å². The summed E-state index contributed by atoms with van der Waals surface area (Å²) in [6, 6.07) is 31.8. The van der Waals surface area contributed by atoms with Crippen LogP contribution in [0.25, 0.3) is 44.2 Å². The van der Waals surface area contributed by atoms with Gasteiger partial charge < -0.3 is 4.42 Å². The highest BCUT2D eigenvalue weighted by atomic mass is 16.3. The summed E-state index contributed by atoms with van der Waals surface area (Å²) in [7, 11) is 0. The fourth-order valence-corrected chi connectivity index (χ4v) is 3.68. The fraction of sp³-hybridized carbons (Fsp3) is 0.0400. The van der Waals surface area contributed by atoms with E-state index in [0.29, 0.717) is 0 Å². The Hall–Kier alpha value is -3.32. The largest absolute Gasteiger partial charge is 0.455 e. The Labute approximate surface area is 152 Å². The van der Waals surface area contributed by atoms with E-state index in [-0.39, 0.29) is 0 Å². The third kappa shape index (κ3) is 2.33. The number of hydrogen-bond acceptors (Lipinski definition) is 1. The summed E-state index contributed by atoms with van der Waals surface area (Å²) in [6.07, 6.45) is 0. The van der Waals surface area contributed by atoms with Crippen molar-refractivity contribution in [2.24, 2.45) is 0 Å². The Morgan fingerprint density at radius 2 is 1.35 bits per heavy atom. The minimum Gasteiger partial charge on any atom is -0.455 e. The number of para-hydroxylation sites is 2. The summed E-state index contributed by atoms with van der Waals surface area (Å²) in [4.78, 5) is 0. The normalized spacial score (nSPS) is 11.3. The molecule has 124 valence electrons. The molecule has 0 amide bonds. The van der Waals surface area contributed by atoms with E-state index < -0.39 is 0 Å². The first kappa shape index (κ1) is 15.0. The zero-order valence-corrected chi connectivity index (χ0v) is 14.6. The van der Waals surface area contributed by atoms with Crippen molar-refractivity contribution in [3.05, 3.63) is 96.6 Å². The number of fused-ring (bicyclic) bond motifs is 3. The van der Waals surface area contributed by atoms with Crippen LogP contribution in [0.3, 0.4) is 0 Å². The number of aryl methyl sites for hydroxylation is 1. The van der Waals surface area contributed by atoms with Gasteiger partial charge in [0.15, 0.2) is 0 Å². The predicted octanol–water partition coefficient (Wildman–Crippen LogP) is 7.23. The number of benzene rings is 4. The van der Waals surface area contributed by atoms with Crippen molar-refractivity contribution in [2.45, 2.75) is 6.92 Å². The molecule has 4 aromatic carbocycles. The molecule has 5 aromatic rings. The zero-order valence-electron chi connectivity index (χ0n) is 14.6. The molecular weight excluding hydrogens is 316 g/mol. The molecule has 26 heavy (non-hydrogen) atoms. The number of furan rings is 1. The Morgan fingerprint density at radius 3 is 2.23 bits per heavy atom. The van der Waals surface area contributed by atoms with Crippen molar-refractivity contribution in [3.8, 4) is 22.3 Å². The van der Waals surface area contributed by atoms with Crippen LogP contribution in [0.1, 0.15) is 5.56 Å². The van der Waals surface area contributed by atoms with Crippen LogP contribution in [0.2, 0.25) is 0 Å². The molecule has 1 heteroatoms. The van der Waals surface area contributed by atoms with Gasteiger partial charge in [-0.1, -0.05) is 78.9 Å². The SMILES string of the molecule is Cc1ccc(-c2ccccc2)cc1-c1cccc2c1oc1ccccc12. The topological polar surface area (TPSA) is 13.1 Å². The van der Waals surface area contributed by atoms with Gasteiger partial charge in [-0.2, -0.15) is 0 Å². The molecule has 0 spiro atoms. The molecule has 1 nitrogen and oxygen atoms in total. The molecule has 1 aromatic heterocycles. The third-order valence-corrected chi connectivity index (χ3v) is 5.04. The smallest absolute Gasteiger partial charge is 0.143 e. The molecule has 0 aliphatic heterocycles. The minimum atomic E-state index is 0.937. The summed E-state index contributed by atoms with van der Waals surface area (Å²) >= 11 is 0. The lowest BCUT2D eigenvalue weighted by molar-refractivity contribution is 0.670. The van der Waals surface area contributed by atoms with E-state index in [2.05, 4.69) is 79.7 Å². The van der Waals surface area contributed by atoms with Crippen molar-refractivity contribution in [1.82, 2.24) is 0 Å². The summed E-state index contributed by atoms with van der Waals surface area (Å²) in [6.45, 7) is 2.16. The Balaban J connectivity index is 1.78. The molecule has 0 saturated carbocycles. The fourth-order valence-electron chi connectivity index (χ4n) is 3.68. The van der Waals surface area contributed by atoms with E-state index in [4.69, 9.17) is 4.42 Å². The van der Waals surface area contributed by atoms with Gasteiger partial charge in [-0.05, 0) is 41.3 Å². The van der Waals surface area contributed by atoms with Crippen molar-refractivity contribution in [2.75, 3.05) is 0 Å². The highest BCUT2D eigenvalue weighted by Gasteiger charge is 2.13. The quantitative estimate of drug-likeness (QED) is 0.332. The second-order valence-corrected chi connectivity index (χ2v) is 6.68. The molecule has 1 heterocycles. The first-order valence-electron chi connectivity index (χ1n) is 8.88. The Morgan fingerprint density at radius 1 is 0.577 bits per heavy atom. The van der Waals surface area contributed by atoms with Gasteiger partial charge in [0.05, 0.1) is 0 Å². The maximum absolute atomic E-state index is 6.24. The lowest BCUT2D eigenvalue weighted by Crippen LogP contribution is -1.86. The van der Waals surface area contributed by atoms with Crippen molar-refractivity contribution in [1.29, 1.82) is 0 Å². The first-order valence-corrected chi connectivity index (χ1v) is 8.88. The van der Waals surface area contributed by atoms with Gasteiger partial charge in [-0.25, -0.2) is 0 Å². The maximum Gasteiger partial charge on any atom is 0.143 e.